The van der Waals surface area contributed by atoms with Gasteiger partial charge in [-0.15, -0.1) is 0 Å². The van der Waals surface area contributed by atoms with Crippen molar-refractivity contribution in [3.8, 4) is 0 Å². The van der Waals surface area contributed by atoms with Gasteiger partial charge in [0.15, 0.2) is 0 Å². The van der Waals surface area contributed by atoms with Gasteiger partial charge in [-0.1, -0.05) is 54.1 Å². The second-order valence-electron chi connectivity index (χ2n) is 5.95. The first-order valence-electron chi connectivity index (χ1n) is 8.47. The van der Waals surface area contributed by atoms with Crippen molar-refractivity contribution in [3.05, 3.63) is 89.1 Å². The van der Waals surface area contributed by atoms with Crippen molar-refractivity contribution in [1.29, 1.82) is 0 Å². The Hall–Kier alpha value is -2.85. The third kappa shape index (κ3) is 5.60. The monoisotopic (exact) mass is 365 g/mol. The average Bonchev–Trinajstić information content (AvgIpc) is 2.65. The lowest BCUT2D eigenvalue weighted by Gasteiger charge is -2.08. The summed E-state index contributed by atoms with van der Waals surface area (Å²) in [6.45, 7) is 0.772. The summed E-state index contributed by atoms with van der Waals surface area (Å²) in [6, 6.07) is 21.2. The second kappa shape index (κ2) is 9.02. The average molecular weight is 366 g/mol. The Morgan fingerprint density at radius 3 is 2.38 bits per heavy atom. The van der Waals surface area contributed by atoms with Gasteiger partial charge in [-0.05, 0) is 41.8 Å². The maximum absolute atomic E-state index is 12.1. The summed E-state index contributed by atoms with van der Waals surface area (Å²) in [6.07, 6.45) is 2.89. The third-order valence-corrected chi connectivity index (χ3v) is 4.14. The number of hydrogen-bond acceptors (Lipinski definition) is 3. The lowest BCUT2D eigenvalue weighted by Crippen LogP contribution is -2.14. The Kier molecular flexibility index (Phi) is 6.23. The summed E-state index contributed by atoms with van der Waals surface area (Å²) in [4.78, 5) is 16.4. The number of nitrogens with one attached hydrogen (secondary N) is 2. The van der Waals surface area contributed by atoms with E-state index >= 15 is 0 Å². The first-order valence-corrected chi connectivity index (χ1v) is 8.85. The molecule has 1 amide bonds. The number of nitrogens with zero attached hydrogens (tertiary/aromatic N) is 1. The number of benzene rings is 2. The Balaban J connectivity index is 1.45. The molecule has 3 aromatic rings. The van der Waals surface area contributed by atoms with Crippen molar-refractivity contribution in [1.82, 2.24) is 4.98 Å². The Bertz CT molecular complexity index is 833. The molecule has 5 heteroatoms. The third-order valence-electron chi connectivity index (χ3n) is 3.89. The highest BCUT2D eigenvalue weighted by molar-refractivity contribution is 6.30. The van der Waals surface area contributed by atoms with Gasteiger partial charge < -0.3 is 10.6 Å². The van der Waals surface area contributed by atoms with E-state index in [1.54, 1.807) is 6.20 Å². The number of pyridine rings is 1. The first kappa shape index (κ1) is 18.0. The zero-order chi connectivity index (χ0) is 18.2. The van der Waals surface area contributed by atoms with Crippen LogP contribution in [0, 0.1) is 0 Å². The molecule has 2 N–H and O–H groups in total. The predicted molar refractivity (Wildman–Crippen MR) is 107 cm³/mol. The van der Waals surface area contributed by atoms with Crippen molar-refractivity contribution < 1.29 is 4.79 Å². The van der Waals surface area contributed by atoms with Crippen LogP contribution in [0.5, 0.6) is 0 Å². The fraction of sp³-hybridized carbons (Fsp3) is 0.143. The van der Waals surface area contributed by atoms with Gasteiger partial charge in [-0.3, -0.25) is 4.79 Å². The van der Waals surface area contributed by atoms with Crippen LogP contribution in [0.2, 0.25) is 5.02 Å². The van der Waals surface area contributed by atoms with E-state index in [1.165, 1.54) is 5.56 Å². The maximum atomic E-state index is 12.1. The molecule has 4 nitrogen and oxygen atoms in total. The van der Waals surface area contributed by atoms with Crippen LogP contribution >= 0.6 is 11.6 Å². The fourth-order valence-corrected chi connectivity index (χ4v) is 2.67. The minimum absolute atomic E-state index is 0.0542. The topological polar surface area (TPSA) is 54.0 Å². The Labute approximate surface area is 158 Å². The largest absolute Gasteiger partial charge is 0.370 e. The van der Waals surface area contributed by atoms with Crippen LogP contribution in [0.25, 0.3) is 0 Å². The molecular weight excluding hydrogens is 346 g/mol. The number of rotatable bonds is 7. The molecule has 0 atom stereocenters. The van der Waals surface area contributed by atoms with Gasteiger partial charge in [0.25, 0.3) is 0 Å². The molecule has 0 bridgehead atoms. The molecule has 132 valence electrons. The van der Waals surface area contributed by atoms with Crippen LogP contribution in [0.15, 0.2) is 72.9 Å². The van der Waals surface area contributed by atoms with Crippen molar-refractivity contribution in [2.45, 2.75) is 12.8 Å². The van der Waals surface area contributed by atoms with E-state index in [1.807, 2.05) is 66.7 Å². The minimum atomic E-state index is -0.0542. The zero-order valence-corrected chi connectivity index (χ0v) is 15.0. The van der Waals surface area contributed by atoms with Crippen LogP contribution in [-0.2, 0) is 17.6 Å². The summed E-state index contributed by atoms with van der Waals surface area (Å²) in [5.41, 5.74) is 2.89. The van der Waals surface area contributed by atoms with E-state index in [4.69, 9.17) is 11.6 Å². The summed E-state index contributed by atoms with van der Waals surface area (Å²) >= 11 is 5.88. The van der Waals surface area contributed by atoms with E-state index in [0.29, 0.717) is 12.1 Å². The fourth-order valence-electron chi connectivity index (χ4n) is 2.54. The first-order chi connectivity index (χ1) is 12.7. The van der Waals surface area contributed by atoms with Crippen LogP contribution in [0.4, 0.5) is 11.5 Å². The minimum Gasteiger partial charge on any atom is -0.370 e. The molecular formula is C21H20ClN3O. The molecule has 0 saturated heterocycles. The van der Waals surface area contributed by atoms with Gasteiger partial charge in [0.1, 0.15) is 5.82 Å². The lowest BCUT2D eigenvalue weighted by atomic mass is 10.1. The smallest absolute Gasteiger partial charge is 0.228 e. The van der Waals surface area contributed by atoms with Gasteiger partial charge in [0, 0.05) is 11.6 Å². The molecule has 0 fully saturated rings. The predicted octanol–water partition coefficient (Wildman–Crippen LogP) is 4.57. The molecule has 0 radical (unpaired) electrons. The van der Waals surface area contributed by atoms with Gasteiger partial charge >= 0.3 is 0 Å². The number of halogens is 1. The number of hydrogen-bond donors (Lipinski definition) is 2. The van der Waals surface area contributed by atoms with E-state index in [2.05, 4.69) is 15.6 Å². The summed E-state index contributed by atoms with van der Waals surface area (Å²) in [5.74, 6) is 0.724. The summed E-state index contributed by atoms with van der Waals surface area (Å²) < 4.78 is 0. The standard InChI is InChI=1S/C21H20ClN3O/c22-18-8-6-16(7-9-18)12-13-23-20-11-10-19(15-24-20)25-21(26)14-17-4-2-1-3-5-17/h1-11,15H,12-14H2,(H,23,24)(H,25,26). The quantitative estimate of drug-likeness (QED) is 0.644. The van der Waals surface area contributed by atoms with Crippen molar-refractivity contribution >= 4 is 29.0 Å². The number of carbonyl (C=O) groups is 1. The molecule has 26 heavy (non-hydrogen) atoms. The molecule has 2 aromatic carbocycles. The van der Waals surface area contributed by atoms with Gasteiger partial charge in [0.2, 0.25) is 5.91 Å². The lowest BCUT2D eigenvalue weighted by molar-refractivity contribution is -0.115. The maximum Gasteiger partial charge on any atom is 0.228 e. The summed E-state index contributed by atoms with van der Waals surface area (Å²) in [5, 5.41) is 6.88. The number of anilines is 2. The van der Waals surface area contributed by atoms with E-state index in [0.717, 1.165) is 29.4 Å². The molecule has 0 aliphatic heterocycles. The highest BCUT2D eigenvalue weighted by Crippen LogP contribution is 2.12. The molecule has 3 rings (SSSR count). The van der Waals surface area contributed by atoms with Crippen molar-refractivity contribution in [2.24, 2.45) is 0 Å². The highest BCUT2D eigenvalue weighted by atomic mass is 35.5. The Morgan fingerprint density at radius 2 is 1.69 bits per heavy atom. The van der Waals surface area contributed by atoms with Gasteiger partial charge in [0.05, 0.1) is 18.3 Å². The molecule has 0 unspecified atom stereocenters. The SMILES string of the molecule is O=C(Cc1ccccc1)Nc1ccc(NCCc2ccc(Cl)cc2)nc1. The normalized spacial score (nSPS) is 10.3. The zero-order valence-electron chi connectivity index (χ0n) is 14.3. The molecule has 0 spiro atoms. The number of amides is 1. The van der Waals surface area contributed by atoms with Gasteiger partial charge in [-0.25, -0.2) is 4.98 Å². The number of aromatic nitrogens is 1. The molecule has 0 saturated carbocycles. The van der Waals surface area contributed by atoms with Crippen molar-refractivity contribution in [2.75, 3.05) is 17.2 Å². The van der Waals surface area contributed by atoms with Crippen LogP contribution in [0.1, 0.15) is 11.1 Å². The van der Waals surface area contributed by atoms with E-state index in [-0.39, 0.29) is 5.91 Å². The van der Waals surface area contributed by atoms with Gasteiger partial charge in [-0.2, -0.15) is 0 Å². The molecule has 0 aliphatic carbocycles. The number of carbonyl (C=O) groups excluding carboxylic acids is 1. The van der Waals surface area contributed by atoms with Crippen LogP contribution in [-0.4, -0.2) is 17.4 Å². The molecule has 1 heterocycles. The molecule has 1 aromatic heterocycles. The van der Waals surface area contributed by atoms with E-state index < -0.39 is 0 Å². The second-order valence-corrected chi connectivity index (χ2v) is 6.38. The molecule has 0 aliphatic rings. The van der Waals surface area contributed by atoms with E-state index in [9.17, 15) is 4.79 Å². The van der Waals surface area contributed by atoms with Crippen LogP contribution < -0.4 is 10.6 Å². The Morgan fingerprint density at radius 1 is 0.923 bits per heavy atom. The highest BCUT2D eigenvalue weighted by Gasteiger charge is 2.04. The summed E-state index contributed by atoms with van der Waals surface area (Å²) in [7, 11) is 0. The van der Waals surface area contributed by atoms with Crippen LogP contribution in [0.3, 0.4) is 0 Å². The van der Waals surface area contributed by atoms with Crippen molar-refractivity contribution in [3.63, 3.8) is 0 Å².